The summed E-state index contributed by atoms with van der Waals surface area (Å²) in [6.45, 7) is 3.00. The first-order chi connectivity index (χ1) is 8.97. The minimum atomic E-state index is 0.00648. The summed E-state index contributed by atoms with van der Waals surface area (Å²) in [7, 11) is 3.97. The number of fused-ring (bicyclic) bond motifs is 1. The van der Waals surface area contributed by atoms with Gasteiger partial charge in [-0.2, -0.15) is 0 Å². The summed E-state index contributed by atoms with van der Waals surface area (Å²) < 4.78 is 0.999. The van der Waals surface area contributed by atoms with Crippen molar-refractivity contribution >= 4 is 44.2 Å². The molecule has 1 aromatic carbocycles. The highest BCUT2D eigenvalue weighted by atomic mass is 35.5. The monoisotopic (exact) mass is 297 g/mol. The maximum atomic E-state index is 11.7. The lowest BCUT2D eigenvalue weighted by atomic mass is 10.3. The number of thiazole rings is 1. The highest BCUT2D eigenvalue weighted by molar-refractivity contribution is 7.22. The van der Waals surface area contributed by atoms with E-state index in [1.807, 2.05) is 37.2 Å². The van der Waals surface area contributed by atoms with Crippen LogP contribution in [0.15, 0.2) is 18.2 Å². The second-order valence-electron chi connectivity index (χ2n) is 4.58. The Bertz CT molecular complexity index is 597. The molecule has 1 aromatic heterocycles. The maximum Gasteiger partial charge on any atom is 0.225 e. The van der Waals surface area contributed by atoms with E-state index in [1.165, 1.54) is 11.3 Å². The SMILES string of the molecule is CC(=O)N(CCN(C)C)c1nc2ccc(Cl)cc2s1. The summed E-state index contributed by atoms with van der Waals surface area (Å²) in [6.07, 6.45) is 0. The van der Waals surface area contributed by atoms with Crippen molar-refractivity contribution in [1.82, 2.24) is 9.88 Å². The Hall–Kier alpha value is -1.17. The maximum absolute atomic E-state index is 11.7. The van der Waals surface area contributed by atoms with E-state index in [0.717, 1.165) is 21.9 Å². The van der Waals surface area contributed by atoms with E-state index in [2.05, 4.69) is 4.98 Å². The third-order valence-electron chi connectivity index (χ3n) is 2.72. The molecule has 0 saturated carbocycles. The molecule has 0 N–H and O–H groups in total. The number of nitrogens with zero attached hydrogens (tertiary/aromatic N) is 3. The number of hydrogen-bond acceptors (Lipinski definition) is 4. The number of halogens is 1. The molecule has 1 amide bonds. The Morgan fingerprint density at radius 2 is 2.11 bits per heavy atom. The van der Waals surface area contributed by atoms with E-state index >= 15 is 0 Å². The van der Waals surface area contributed by atoms with E-state index in [4.69, 9.17) is 11.6 Å². The number of carbonyl (C=O) groups excluding carboxylic acids is 1. The minimum Gasteiger partial charge on any atom is -0.308 e. The fraction of sp³-hybridized carbons (Fsp3) is 0.385. The molecule has 0 aliphatic carbocycles. The van der Waals surface area contributed by atoms with Gasteiger partial charge in [-0.25, -0.2) is 4.98 Å². The number of amides is 1. The van der Waals surface area contributed by atoms with Crippen LogP contribution >= 0.6 is 22.9 Å². The molecule has 6 heteroatoms. The number of likely N-dealkylation sites (N-methyl/N-ethyl adjacent to an activating group) is 1. The lowest BCUT2D eigenvalue weighted by molar-refractivity contribution is -0.116. The van der Waals surface area contributed by atoms with Crippen LogP contribution in [0.2, 0.25) is 5.02 Å². The molecular formula is C13H16ClN3OS. The predicted octanol–water partition coefficient (Wildman–Crippen LogP) is 2.86. The molecule has 102 valence electrons. The molecule has 4 nitrogen and oxygen atoms in total. The average molecular weight is 298 g/mol. The van der Waals surface area contributed by atoms with Gasteiger partial charge in [-0.1, -0.05) is 22.9 Å². The molecule has 2 rings (SSSR count). The fourth-order valence-electron chi connectivity index (χ4n) is 1.69. The lowest BCUT2D eigenvalue weighted by Crippen LogP contribution is -2.35. The van der Waals surface area contributed by atoms with Crippen molar-refractivity contribution in [3.63, 3.8) is 0 Å². The van der Waals surface area contributed by atoms with Gasteiger partial charge in [0, 0.05) is 25.0 Å². The van der Waals surface area contributed by atoms with Gasteiger partial charge in [0.15, 0.2) is 5.13 Å². The summed E-state index contributed by atoms with van der Waals surface area (Å²) in [5.41, 5.74) is 0.875. The van der Waals surface area contributed by atoms with E-state index in [0.29, 0.717) is 11.6 Å². The fourth-order valence-corrected chi connectivity index (χ4v) is 3.00. The first-order valence-corrected chi connectivity index (χ1v) is 7.16. The Morgan fingerprint density at radius 3 is 2.74 bits per heavy atom. The topological polar surface area (TPSA) is 36.4 Å². The van der Waals surface area contributed by atoms with Gasteiger partial charge in [-0.3, -0.25) is 9.69 Å². The zero-order valence-electron chi connectivity index (χ0n) is 11.2. The van der Waals surface area contributed by atoms with Crippen LogP contribution in [0, 0.1) is 0 Å². The van der Waals surface area contributed by atoms with E-state index in [1.54, 1.807) is 11.8 Å². The van der Waals surface area contributed by atoms with Gasteiger partial charge in [0.05, 0.1) is 10.2 Å². The molecule has 19 heavy (non-hydrogen) atoms. The lowest BCUT2D eigenvalue weighted by Gasteiger charge is -2.20. The number of carbonyl (C=O) groups is 1. The molecule has 0 radical (unpaired) electrons. The van der Waals surface area contributed by atoms with Crippen LogP contribution < -0.4 is 4.90 Å². The van der Waals surface area contributed by atoms with Gasteiger partial charge in [0.2, 0.25) is 5.91 Å². The first-order valence-electron chi connectivity index (χ1n) is 5.96. The standard InChI is InChI=1S/C13H16ClN3OS/c1-9(18)17(7-6-16(2)3)13-15-11-5-4-10(14)8-12(11)19-13/h4-5,8H,6-7H2,1-3H3. The largest absolute Gasteiger partial charge is 0.308 e. The summed E-state index contributed by atoms with van der Waals surface area (Å²) in [5, 5.41) is 1.41. The summed E-state index contributed by atoms with van der Waals surface area (Å²) >= 11 is 7.46. The number of benzene rings is 1. The average Bonchev–Trinajstić information content (AvgIpc) is 2.70. The molecule has 0 saturated heterocycles. The Labute approximate surface area is 121 Å². The number of rotatable bonds is 4. The van der Waals surface area contributed by atoms with E-state index in [-0.39, 0.29) is 5.91 Å². The van der Waals surface area contributed by atoms with Crippen molar-refractivity contribution in [2.24, 2.45) is 0 Å². The Kier molecular flexibility index (Phi) is 4.39. The second-order valence-corrected chi connectivity index (χ2v) is 6.03. The highest BCUT2D eigenvalue weighted by Crippen LogP contribution is 2.30. The van der Waals surface area contributed by atoms with Crippen molar-refractivity contribution in [2.75, 3.05) is 32.1 Å². The molecule has 0 fully saturated rings. The van der Waals surface area contributed by atoms with Crippen molar-refractivity contribution in [3.8, 4) is 0 Å². The van der Waals surface area contributed by atoms with Crippen LogP contribution in [0.25, 0.3) is 10.2 Å². The third-order valence-corrected chi connectivity index (χ3v) is 4.00. The van der Waals surface area contributed by atoms with Crippen LogP contribution in [0.1, 0.15) is 6.92 Å². The van der Waals surface area contributed by atoms with Crippen LogP contribution in [-0.4, -0.2) is 43.0 Å². The number of anilines is 1. The zero-order chi connectivity index (χ0) is 14.0. The van der Waals surface area contributed by atoms with Crippen molar-refractivity contribution in [3.05, 3.63) is 23.2 Å². The van der Waals surface area contributed by atoms with Crippen LogP contribution in [0.5, 0.6) is 0 Å². The van der Waals surface area contributed by atoms with Gasteiger partial charge in [-0.05, 0) is 32.3 Å². The second kappa shape index (κ2) is 5.86. The smallest absolute Gasteiger partial charge is 0.225 e. The predicted molar refractivity (Wildman–Crippen MR) is 81.2 cm³/mol. The molecular weight excluding hydrogens is 282 g/mol. The molecule has 0 aliphatic rings. The van der Waals surface area contributed by atoms with E-state index in [9.17, 15) is 4.79 Å². The summed E-state index contributed by atoms with van der Waals surface area (Å²) in [6, 6.07) is 5.57. The van der Waals surface area contributed by atoms with Crippen molar-refractivity contribution < 1.29 is 4.79 Å². The van der Waals surface area contributed by atoms with Crippen LogP contribution in [0.4, 0.5) is 5.13 Å². The van der Waals surface area contributed by atoms with Crippen LogP contribution in [0.3, 0.4) is 0 Å². The quantitative estimate of drug-likeness (QED) is 0.871. The molecule has 0 aliphatic heterocycles. The van der Waals surface area contributed by atoms with Crippen molar-refractivity contribution in [1.29, 1.82) is 0 Å². The summed E-state index contributed by atoms with van der Waals surface area (Å²) in [5.74, 6) is 0.00648. The number of aromatic nitrogens is 1. The van der Waals surface area contributed by atoms with Gasteiger partial charge < -0.3 is 4.90 Å². The molecule has 2 aromatic rings. The third kappa shape index (κ3) is 3.43. The normalized spacial score (nSPS) is 11.2. The minimum absolute atomic E-state index is 0.00648. The Balaban J connectivity index is 2.30. The van der Waals surface area contributed by atoms with Crippen LogP contribution in [-0.2, 0) is 4.79 Å². The highest BCUT2D eigenvalue weighted by Gasteiger charge is 2.16. The van der Waals surface area contributed by atoms with E-state index < -0.39 is 0 Å². The first kappa shape index (κ1) is 14.2. The zero-order valence-corrected chi connectivity index (χ0v) is 12.8. The Morgan fingerprint density at radius 1 is 1.37 bits per heavy atom. The summed E-state index contributed by atoms with van der Waals surface area (Å²) in [4.78, 5) is 20.0. The van der Waals surface area contributed by atoms with Gasteiger partial charge in [0.1, 0.15) is 0 Å². The van der Waals surface area contributed by atoms with Gasteiger partial charge >= 0.3 is 0 Å². The molecule has 0 spiro atoms. The van der Waals surface area contributed by atoms with Crippen molar-refractivity contribution in [2.45, 2.75) is 6.92 Å². The molecule has 1 heterocycles. The molecule has 0 bridgehead atoms. The van der Waals surface area contributed by atoms with Gasteiger partial charge in [0.25, 0.3) is 0 Å². The van der Waals surface area contributed by atoms with Gasteiger partial charge in [-0.15, -0.1) is 0 Å². The molecule has 0 atom stereocenters. The number of hydrogen-bond donors (Lipinski definition) is 0. The molecule has 0 unspecified atom stereocenters.